The van der Waals surface area contributed by atoms with Gasteiger partial charge in [-0.2, -0.15) is 5.26 Å². The summed E-state index contributed by atoms with van der Waals surface area (Å²) >= 11 is 0. The van der Waals surface area contributed by atoms with Gasteiger partial charge in [-0.1, -0.05) is 24.3 Å². The number of hydrogen-bond donors (Lipinski definition) is 1. The number of carboxylic acid groups (broad SMARTS) is 1. The van der Waals surface area contributed by atoms with E-state index in [9.17, 15) is 9.59 Å². The number of carboxylic acids is 1. The van der Waals surface area contributed by atoms with Crippen LogP contribution in [0.4, 0.5) is 0 Å². The van der Waals surface area contributed by atoms with Gasteiger partial charge in [-0.05, 0) is 17.7 Å². The van der Waals surface area contributed by atoms with Gasteiger partial charge < -0.3 is 5.11 Å². The lowest BCUT2D eigenvalue weighted by molar-refractivity contribution is -0.139. The van der Waals surface area contributed by atoms with E-state index in [2.05, 4.69) is 0 Å². The molecule has 1 aromatic carbocycles. The third-order valence-electron chi connectivity index (χ3n) is 1.86. The van der Waals surface area contributed by atoms with Crippen LogP contribution in [0.5, 0.6) is 0 Å². The summed E-state index contributed by atoms with van der Waals surface area (Å²) in [6.07, 6.45) is 2.08. The zero-order chi connectivity index (χ0) is 12.0. The van der Waals surface area contributed by atoms with Crippen LogP contribution in [0.25, 0.3) is 6.08 Å². The minimum Gasteiger partial charge on any atom is -0.481 e. The SMILES string of the molecule is N#Cc1ccccc1/C=C/C(=O)CC(=O)O. The molecule has 0 aliphatic rings. The number of nitriles is 1. The second-order valence-electron chi connectivity index (χ2n) is 3.07. The van der Waals surface area contributed by atoms with Crippen molar-refractivity contribution in [2.45, 2.75) is 6.42 Å². The molecule has 1 N–H and O–H groups in total. The lowest BCUT2D eigenvalue weighted by Crippen LogP contribution is -2.03. The summed E-state index contributed by atoms with van der Waals surface area (Å²) in [7, 11) is 0. The van der Waals surface area contributed by atoms with Crippen molar-refractivity contribution in [3.05, 3.63) is 41.5 Å². The summed E-state index contributed by atoms with van der Waals surface area (Å²) in [6.45, 7) is 0. The zero-order valence-electron chi connectivity index (χ0n) is 8.38. The molecular weight excluding hydrogens is 206 g/mol. The molecule has 0 saturated heterocycles. The Bertz CT molecular complexity index is 483. The largest absolute Gasteiger partial charge is 0.481 e. The summed E-state index contributed by atoms with van der Waals surface area (Å²) < 4.78 is 0. The quantitative estimate of drug-likeness (QED) is 0.611. The Morgan fingerprint density at radius 3 is 2.69 bits per heavy atom. The fourth-order valence-corrected chi connectivity index (χ4v) is 1.13. The predicted octanol–water partition coefficient (Wildman–Crippen LogP) is 1.62. The van der Waals surface area contributed by atoms with E-state index in [-0.39, 0.29) is 0 Å². The topological polar surface area (TPSA) is 78.2 Å². The normalized spacial score (nSPS) is 9.94. The van der Waals surface area contributed by atoms with E-state index < -0.39 is 18.2 Å². The highest BCUT2D eigenvalue weighted by molar-refractivity contribution is 6.03. The van der Waals surface area contributed by atoms with Crippen molar-refractivity contribution in [1.29, 1.82) is 5.26 Å². The molecule has 0 unspecified atom stereocenters. The number of allylic oxidation sites excluding steroid dienone is 1. The predicted molar refractivity (Wildman–Crippen MR) is 57.5 cm³/mol. The van der Waals surface area contributed by atoms with Crippen LogP contribution >= 0.6 is 0 Å². The molecule has 0 aliphatic carbocycles. The molecule has 0 amide bonds. The molecule has 16 heavy (non-hydrogen) atoms. The van der Waals surface area contributed by atoms with E-state index in [1.54, 1.807) is 24.3 Å². The van der Waals surface area contributed by atoms with E-state index in [1.807, 2.05) is 6.07 Å². The molecule has 1 rings (SSSR count). The van der Waals surface area contributed by atoms with Crippen LogP contribution in [0, 0.1) is 11.3 Å². The van der Waals surface area contributed by atoms with Crippen molar-refractivity contribution in [1.82, 2.24) is 0 Å². The van der Waals surface area contributed by atoms with Gasteiger partial charge in [0.25, 0.3) is 0 Å². The standard InChI is InChI=1S/C12H9NO3/c13-8-10-4-2-1-3-9(10)5-6-11(14)7-12(15)16/h1-6H,7H2,(H,15,16)/b6-5+. The lowest BCUT2D eigenvalue weighted by Gasteiger charge is -1.95. The van der Waals surface area contributed by atoms with Crippen molar-refractivity contribution in [2.75, 3.05) is 0 Å². The van der Waals surface area contributed by atoms with Gasteiger partial charge in [0.1, 0.15) is 6.42 Å². The Labute approximate surface area is 92.4 Å². The molecule has 0 spiro atoms. The van der Waals surface area contributed by atoms with Gasteiger partial charge in [-0.15, -0.1) is 0 Å². The van der Waals surface area contributed by atoms with E-state index >= 15 is 0 Å². The number of carbonyl (C=O) groups is 2. The number of ketones is 1. The van der Waals surface area contributed by atoms with Crippen LogP contribution in [0.3, 0.4) is 0 Å². The average molecular weight is 215 g/mol. The zero-order valence-corrected chi connectivity index (χ0v) is 8.38. The molecule has 0 aliphatic heterocycles. The minimum atomic E-state index is -1.16. The fraction of sp³-hybridized carbons (Fsp3) is 0.0833. The summed E-state index contributed by atoms with van der Waals surface area (Å²) in [4.78, 5) is 21.3. The summed E-state index contributed by atoms with van der Waals surface area (Å²) in [6, 6.07) is 8.75. The van der Waals surface area contributed by atoms with Gasteiger partial charge in [-0.25, -0.2) is 0 Å². The number of hydrogen-bond acceptors (Lipinski definition) is 3. The molecule has 0 radical (unpaired) electrons. The summed E-state index contributed by atoms with van der Waals surface area (Å²) in [5.41, 5.74) is 1.05. The molecule has 4 nitrogen and oxygen atoms in total. The smallest absolute Gasteiger partial charge is 0.311 e. The molecule has 4 heteroatoms. The average Bonchev–Trinajstić information content (AvgIpc) is 2.26. The Balaban J connectivity index is 2.81. The molecule has 0 heterocycles. The third-order valence-corrected chi connectivity index (χ3v) is 1.86. The highest BCUT2D eigenvalue weighted by atomic mass is 16.4. The summed E-state index contributed by atoms with van der Waals surface area (Å²) in [5.74, 6) is -1.66. The Hall–Kier alpha value is -2.41. The van der Waals surface area contributed by atoms with Gasteiger partial charge >= 0.3 is 5.97 Å². The van der Waals surface area contributed by atoms with E-state index in [0.717, 1.165) is 0 Å². The van der Waals surface area contributed by atoms with Crippen molar-refractivity contribution in [3.63, 3.8) is 0 Å². The molecule has 0 aromatic heterocycles. The first-order chi connectivity index (χ1) is 7.63. The second kappa shape index (κ2) is 5.47. The van der Waals surface area contributed by atoms with Crippen LogP contribution in [0.15, 0.2) is 30.3 Å². The van der Waals surface area contributed by atoms with Crippen LogP contribution < -0.4 is 0 Å². The van der Waals surface area contributed by atoms with Crippen LogP contribution in [-0.2, 0) is 9.59 Å². The van der Waals surface area contributed by atoms with Crippen LogP contribution in [-0.4, -0.2) is 16.9 Å². The van der Waals surface area contributed by atoms with Gasteiger partial charge in [0.2, 0.25) is 0 Å². The van der Waals surface area contributed by atoms with Crippen molar-refractivity contribution >= 4 is 17.8 Å². The Morgan fingerprint density at radius 2 is 2.06 bits per heavy atom. The van der Waals surface area contributed by atoms with Gasteiger partial charge in [-0.3, -0.25) is 9.59 Å². The molecule has 1 aromatic rings. The molecule has 0 atom stereocenters. The first-order valence-electron chi connectivity index (χ1n) is 4.55. The number of benzene rings is 1. The number of nitrogens with zero attached hydrogens (tertiary/aromatic N) is 1. The fourth-order valence-electron chi connectivity index (χ4n) is 1.13. The number of rotatable bonds is 4. The van der Waals surface area contributed by atoms with Gasteiger partial charge in [0.15, 0.2) is 5.78 Å². The van der Waals surface area contributed by atoms with Crippen molar-refractivity contribution < 1.29 is 14.7 Å². The summed E-state index contributed by atoms with van der Waals surface area (Å²) in [5, 5.41) is 17.1. The van der Waals surface area contributed by atoms with Crippen LogP contribution in [0.2, 0.25) is 0 Å². The van der Waals surface area contributed by atoms with Crippen LogP contribution in [0.1, 0.15) is 17.5 Å². The number of aliphatic carboxylic acids is 1. The van der Waals surface area contributed by atoms with E-state index in [0.29, 0.717) is 11.1 Å². The maximum Gasteiger partial charge on any atom is 0.311 e. The maximum atomic E-state index is 11.1. The first kappa shape index (κ1) is 11.7. The Morgan fingerprint density at radius 1 is 1.38 bits per heavy atom. The lowest BCUT2D eigenvalue weighted by atomic mass is 10.1. The minimum absolute atomic E-state index is 0.446. The van der Waals surface area contributed by atoms with Gasteiger partial charge in [0.05, 0.1) is 11.6 Å². The Kier molecular flexibility index (Phi) is 3.98. The van der Waals surface area contributed by atoms with Crippen molar-refractivity contribution in [3.8, 4) is 6.07 Å². The highest BCUT2D eigenvalue weighted by Gasteiger charge is 2.03. The van der Waals surface area contributed by atoms with E-state index in [1.165, 1.54) is 12.2 Å². The number of carbonyl (C=O) groups excluding carboxylic acids is 1. The molecule has 0 bridgehead atoms. The van der Waals surface area contributed by atoms with E-state index in [4.69, 9.17) is 10.4 Å². The van der Waals surface area contributed by atoms with Crippen molar-refractivity contribution in [2.24, 2.45) is 0 Å². The second-order valence-corrected chi connectivity index (χ2v) is 3.07. The molecule has 0 fully saturated rings. The highest BCUT2D eigenvalue weighted by Crippen LogP contribution is 2.09. The molecule has 0 saturated carbocycles. The first-order valence-corrected chi connectivity index (χ1v) is 4.55. The van der Waals surface area contributed by atoms with Gasteiger partial charge in [0, 0.05) is 0 Å². The molecule has 80 valence electrons. The monoisotopic (exact) mass is 215 g/mol. The maximum absolute atomic E-state index is 11.1. The molecular formula is C12H9NO3. The third kappa shape index (κ3) is 3.39.